The number of nitrogens with zero attached hydrogens (tertiary/aromatic N) is 1. The van der Waals surface area contributed by atoms with Crippen molar-refractivity contribution >= 4 is 29.3 Å². The third-order valence-electron chi connectivity index (χ3n) is 4.27. The van der Waals surface area contributed by atoms with E-state index in [0.717, 1.165) is 0 Å². The van der Waals surface area contributed by atoms with Gasteiger partial charge in [0, 0.05) is 23.4 Å². The number of nitro benzene ring substituents is 1. The van der Waals surface area contributed by atoms with Crippen LogP contribution in [0.3, 0.4) is 0 Å². The van der Waals surface area contributed by atoms with Gasteiger partial charge in [-0.15, -0.1) is 0 Å². The Kier molecular flexibility index (Phi) is 6.74. The van der Waals surface area contributed by atoms with E-state index in [9.17, 15) is 19.7 Å². The molecule has 156 valence electrons. The smallest absolute Gasteiger partial charge is 0.272 e. The first kappa shape index (κ1) is 21.3. The molecular formula is C23H19N3O5. The number of carbonyl (C=O) groups is 2. The molecule has 0 saturated carbocycles. The summed E-state index contributed by atoms with van der Waals surface area (Å²) in [6, 6.07) is 20.8. The van der Waals surface area contributed by atoms with Crippen LogP contribution in [0.25, 0.3) is 6.08 Å². The molecule has 8 heteroatoms. The van der Waals surface area contributed by atoms with Crippen molar-refractivity contribution < 1.29 is 19.2 Å². The molecule has 0 saturated heterocycles. The average molecular weight is 417 g/mol. The van der Waals surface area contributed by atoms with Crippen LogP contribution in [0, 0.1) is 10.1 Å². The molecule has 3 aromatic carbocycles. The lowest BCUT2D eigenvalue weighted by atomic mass is 10.1. The maximum atomic E-state index is 12.9. The highest BCUT2D eigenvalue weighted by atomic mass is 16.6. The Hall–Kier alpha value is -4.46. The molecule has 0 aliphatic carbocycles. The largest absolute Gasteiger partial charge is 0.497 e. The Morgan fingerprint density at radius 2 is 1.68 bits per heavy atom. The van der Waals surface area contributed by atoms with E-state index in [4.69, 9.17) is 4.74 Å². The molecule has 0 bridgehead atoms. The number of ether oxygens (including phenoxy) is 1. The summed E-state index contributed by atoms with van der Waals surface area (Å²) in [4.78, 5) is 36.0. The molecule has 2 N–H and O–H groups in total. The second kappa shape index (κ2) is 9.84. The summed E-state index contributed by atoms with van der Waals surface area (Å²) in [5, 5.41) is 16.3. The molecule has 0 aliphatic rings. The van der Waals surface area contributed by atoms with Gasteiger partial charge < -0.3 is 15.4 Å². The molecule has 0 aliphatic heterocycles. The summed E-state index contributed by atoms with van der Waals surface area (Å²) in [7, 11) is 1.53. The van der Waals surface area contributed by atoms with Gasteiger partial charge in [0.05, 0.1) is 12.0 Å². The molecule has 0 fully saturated rings. The van der Waals surface area contributed by atoms with Crippen molar-refractivity contribution in [1.82, 2.24) is 5.32 Å². The fourth-order valence-corrected chi connectivity index (χ4v) is 2.71. The van der Waals surface area contributed by atoms with Gasteiger partial charge in [0.25, 0.3) is 17.5 Å². The third kappa shape index (κ3) is 5.77. The maximum absolute atomic E-state index is 12.9. The molecule has 0 atom stereocenters. The zero-order chi connectivity index (χ0) is 22.2. The number of amides is 2. The molecule has 3 rings (SSSR count). The van der Waals surface area contributed by atoms with Gasteiger partial charge in [-0.1, -0.05) is 30.3 Å². The van der Waals surface area contributed by atoms with E-state index >= 15 is 0 Å². The van der Waals surface area contributed by atoms with E-state index in [2.05, 4.69) is 10.6 Å². The predicted octanol–water partition coefficient (Wildman–Crippen LogP) is 4.01. The normalized spacial score (nSPS) is 10.8. The van der Waals surface area contributed by atoms with Gasteiger partial charge in [-0.3, -0.25) is 19.7 Å². The molecule has 31 heavy (non-hydrogen) atoms. The van der Waals surface area contributed by atoms with E-state index in [1.54, 1.807) is 60.7 Å². The molecule has 0 heterocycles. The average Bonchev–Trinajstić information content (AvgIpc) is 2.79. The number of benzene rings is 3. The highest BCUT2D eigenvalue weighted by Gasteiger charge is 2.16. The van der Waals surface area contributed by atoms with Crippen molar-refractivity contribution in [2.24, 2.45) is 0 Å². The summed E-state index contributed by atoms with van der Waals surface area (Å²) in [5.41, 5.74) is 1.06. The number of rotatable bonds is 7. The molecule has 0 unspecified atom stereocenters. The minimum Gasteiger partial charge on any atom is -0.497 e. The number of hydrogen-bond acceptors (Lipinski definition) is 5. The van der Waals surface area contributed by atoms with E-state index in [-0.39, 0.29) is 11.4 Å². The van der Waals surface area contributed by atoms with E-state index < -0.39 is 16.7 Å². The zero-order valence-electron chi connectivity index (χ0n) is 16.6. The maximum Gasteiger partial charge on any atom is 0.272 e. The van der Waals surface area contributed by atoms with Crippen molar-refractivity contribution in [3.8, 4) is 5.75 Å². The fourth-order valence-electron chi connectivity index (χ4n) is 2.71. The summed E-state index contributed by atoms with van der Waals surface area (Å²) in [5.74, 6) is -0.439. The summed E-state index contributed by atoms with van der Waals surface area (Å²) < 4.78 is 5.10. The fraction of sp³-hybridized carbons (Fsp3) is 0.0435. The number of methoxy groups -OCH3 is 1. The van der Waals surface area contributed by atoms with Gasteiger partial charge >= 0.3 is 0 Å². The first-order chi connectivity index (χ1) is 15.0. The van der Waals surface area contributed by atoms with Gasteiger partial charge in [-0.25, -0.2) is 0 Å². The molecule has 0 radical (unpaired) electrons. The van der Waals surface area contributed by atoms with E-state index in [1.165, 1.54) is 31.4 Å². The monoisotopic (exact) mass is 417 g/mol. The van der Waals surface area contributed by atoms with Gasteiger partial charge in [0.1, 0.15) is 11.4 Å². The molecule has 0 spiro atoms. The van der Waals surface area contributed by atoms with E-state index in [0.29, 0.717) is 22.6 Å². The standard InChI is InChI=1S/C23H19N3O5/c1-31-20-12-10-18(11-13-20)24-23(28)21(25-22(27)17-7-3-2-4-8-17)15-16-6-5-9-19(14-16)26(29)30/h2-15H,1H3,(H,24,28)(H,25,27)/b21-15-. The van der Waals surface area contributed by atoms with Crippen LogP contribution < -0.4 is 15.4 Å². The molecule has 3 aromatic rings. The Morgan fingerprint density at radius 1 is 0.968 bits per heavy atom. The van der Waals surface area contributed by atoms with Crippen LogP contribution in [0.15, 0.2) is 84.6 Å². The topological polar surface area (TPSA) is 111 Å². The highest BCUT2D eigenvalue weighted by Crippen LogP contribution is 2.18. The molecule has 8 nitrogen and oxygen atoms in total. The highest BCUT2D eigenvalue weighted by molar-refractivity contribution is 6.10. The second-order valence-electron chi connectivity index (χ2n) is 6.41. The SMILES string of the molecule is COc1ccc(NC(=O)/C(=C/c2cccc([N+](=O)[O-])c2)NC(=O)c2ccccc2)cc1. The number of anilines is 1. The minimum atomic E-state index is -0.582. The lowest BCUT2D eigenvalue weighted by Gasteiger charge is -2.12. The van der Waals surface area contributed by atoms with Crippen LogP contribution in [-0.2, 0) is 4.79 Å². The first-order valence-electron chi connectivity index (χ1n) is 9.24. The molecular weight excluding hydrogens is 398 g/mol. The van der Waals surface area contributed by atoms with Crippen molar-refractivity contribution in [3.05, 3.63) is 106 Å². The second-order valence-corrected chi connectivity index (χ2v) is 6.41. The van der Waals surface area contributed by atoms with Crippen LogP contribution in [0.5, 0.6) is 5.75 Å². The van der Waals surface area contributed by atoms with Crippen molar-refractivity contribution in [1.29, 1.82) is 0 Å². The lowest BCUT2D eigenvalue weighted by Crippen LogP contribution is -2.30. The van der Waals surface area contributed by atoms with Gasteiger partial charge in [0.2, 0.25) is 0 Å². The predicted molar refractivity (Wildman–Crippen MR) is 117 cm³/mol. The number of nitrogens with one attached hydrogen (secondary N) is 2. The van der Waals surface area contributed by atoms with Crippen LogP contribution in [0.2, 0.25) is 0 Å². The van der Waals surface area contributed by atoms with Crippen LogP contribution in [0.1, 0.15) is 15.9 Å². The molecule has 0 aromatic heterocycles. The van der Waals surface area contributed by atoms with Gasteiger partial charge in [0.15, 0.2) is 0 Å². The van der Waals surface area contributed by atoms with Crippen molar-refractivity contribution in [2.75, 3.05) is 12.4 Å². The lowest BCUT2D eigenvalue weighted by molar-refractivity contribution is -0.384. The van der Waals surface area contributed by atoms with Gasteiger partial charge in [-0.2, -0.15) is 0 Å². The van der Waals surface area contributed by atoms with Crippen molar-refractivity contribution in [3.63, 3.8) is 0 Å². The van der Waals surface area contributed by atoms with E-state index in [1.807, 2.05) is 0 Å². The summed E-state index contributed by atoms with van der Waals surface area (Å²) in [6.07, 6.45) is 1.38. The molecule has 2 amide bonds. The third-order valence-corrected chi connectivity index (χ3v) is 4.27. The zero-order valence-corrected chi connectivity index (χ0v) is 16.6. The minimum absolute atomic E-state index is 0.0647. The Labute approximate surface area is 178 Å². The number of non-ortho nitro benzene ring substituents is 1. The van der Waals surface area contributed by atoms with Crippen molar-refractivity contribution in [2.45, 2.75) is 0 Å². The Bertz CT molecular complexity index is 1130. The summed E-state index contributed by atoms with van der Waals surface area (Å²) in [6.45, 7) is 0. The Balaban J connectivity index is 1.90. The quantitative estimate of drug-likeness (QED) is 0.343. The Morgan fingerprint density at radius 3 is 2.32 bits per heavy atom. The van der Waals surface area contributed by atoms with Crippen LogP contribution >= 0.6 is 0 Å². The number of hydrogen-bond donors (Lipinski definition) is 2. The number of nitro groups is 1. The van der Waals surface area contributed by atoms with Gasteiger partial charge in [-0.05, 0) is 48.0 Å². The van der Waals surface area contributed by atoms with Crippen LogP contribution in [0.4, 0.5) is 11.4 Å². The van der Waals surface area contributed by atoms with Crippen LogP contribution in [-0.4, -0.2) is 23.8 Å². The number of carbonyl (C=O) groups excluding carboxylic acids is 2. The summed E-state index contributed by atoms with van der Waals surface area (Å²) >= 11 is 0. The first-order valence-corrected chi connectivity index (χ1v) is 9.24.